The van der Waals surface area contributed by atoms with Crippen molar-refractivity contribution in [2.45, 2.75) is 31.5 Å². The molecule has 3 heterocycles. The van der Waals surface area contributed by atoms with Crippen LogP contribution in [0.3, 0.4) is 0 Å². The second-order valence-electron chi connectivity index (χ2n) is 6.37. The van der Waals surface area contributed by atoms with E-state index in [9.17, 15) is 4.79 Å². The summed E-state index contributed by atoms with van der Waals surface area (Å²) in [6, 6.07) is 10.7. The molecule has 2 atom stereocenters. The van der Waals surface area contributed by atoms with Crippen LogP contribution in [0.1, 0.15) is 34.5 Å². The van der Waals surface area contributed by atoms with E-state index < -0.39 is 0 Å². The van der Waals surface area contributed by atoms with E-state index in [1.165, 1.54) is 16.9 Å². The number of nitriles is 1. The van der Waals surface area contributed by atoms with Crippen molar-refractivity contribution in [3.05, 3.63) is 52.0 Å². The Morgan fingerprint density at radius 1 is 1.33 bits per heavy atom. The molecule has 0 unspecified atom stereocenters. The van der Waals surface area contributed by atoms with Crippen molar-refractivity contribution in [3.8, 4) is 6.07 Å². The van der Waals surface area contributed by atoms with E-state index in [-0.39, 0.29) is 5.91 Å². The Hall–Kier alpha value is -2.23. The fourth-order valence-corrected chi connectivity index (χ4v) is 4.49. The predicted molar refractivity (Wildman–Crippen MR) is 91.5 cm³/mol. The van der Waals surface area contributed by atoms with Crippen molar-refractivity contribution in [2.75, 3.05) is 13.1 Å². The molecule has 4 rings (SSSR count). The fraction of sp³-hybridized carbons (Fsp3) is 0.389. The van der Waals surface area contributed by atoms with Crippen LogP contribution in [0.25, 0.3) is 0 Å². The van der Waals surface area contributed by atoms with E-state index in [2.05, 4.69) is 22.0 Å². The topological polar surface area (TPSA) is 60.2 Å². The smallest absolute Gasteiger partial charge is 0.273 e. The SMILES string of the molecule is N#Cc1cccc(CN2CC[C@@H]3[C@@H]2CCN3C(=O)c2cscn2)c1. The number of benzene rings is 1. The second-order valence-corrected chi connectivity index (χ2v) is 7.09. The van der Waals surface area contributed by atoms with Crippen LogP contribution in [0.15, 0.2) is 35.2 Å². The summed E-state index contributed by atoms with van der Waals surface area (Å²) in [7, 11) is 0. The van der Waals surface area contributed by atoms with Crippen molar-refractivity contribution in [1.82, 2.24) is 14.8 Å². The maximum absolute atomic E-state index is 12.6. The highest BCUT2D eigenvalue weighted by Crippen LogP contribution is 2.33. The zero-order valence-corrected chi connectivity index (χ0v) is 14.1. The summed E-state index contributed by atoms with van der Waals surface area (Å²) >= 11 is 1.46. The van der Waals surface area contributed by atoms with Gasteiger partial charge in [0, 0.05) is 37.1 Å². The Labute approximate surface area is 145 Å². The molecule has 2 aliphatic rings. The molecule has 1 aromatic heterocycles. The third kappa shape index (κ3) is 2.70. The summed E-state index contributed by atoms with van der Waals surface area (Å²) in [4.78, 5) is 21.2. The van der Waals surface area contributed by atoms with Gasteiger partial charge in [0.2, 0.25) is 0 Å². The molecule has 2 aliphatic heterocycles. The summed E-state index contributed by atoms with van der Waals surface area (Å²) in [5.41, 5.74) is 4.15. The minimum atomic E-state index is 0.0667. The Balaban J connectivity index is 1.46. The first-order valence-corrected chi connectivity index (χ1v) is 9.13. The van der Waals surface area contributed by atoms with Crippen LogP contribution in [0.2, 0.25) is 0 Å². The number of hydrogen-bond acceptors (Lipinski definition) is 5. The summed E-state index contributed by atoms with van der Waals surface area (Å²) in [6.45, 7) is 2.64. The van der Waals surface area contributed by atoms with Gasteiger partial charge in [-0.3, -0.25) is 9.69 Å². The van der Waals surface area contributed by atoms with Gasteiger partial charge >= 0.3 is 0 Å². The van der Waals surface area contributed by atoms with Crippen LogP contribution < -0.4 is 0 Å². The predicted octanol–water partition coefficient (Wildman–Crippen LogP) is 2.50. The fourth-order valence-electron chi connectivity index (χ4n) is 3.96. The standard InChI is InChI=1S/C18H18N4OS/c19-9-13-2-1-3-14(8-13)10-21-6-4-17-16(21)5-7-22(17)18(23)15-11-24-12-20-15/h1-3,8,11-12,16-17H,4-7,10H2/t16-,17+/m0/s1. The second kappa shape index (κ2) is 6.34. The van der Waals surface area contributed by atoms with Crippen molar-refractivity contribution in [2.24, 2.45) is 0 Å². The third-order valence-electron chi connectivity index (χ3n) is 5.05. The summed E-state index contributed by atoms with van der Waals surface area (Å²) in [5, 5.41) is 10.9. The van der Waals surface area contributed by atoms with Crippen molar-refractivity contribution in [3.63, 3.8) is 0 Å². The van der Waals surface area contributed by atoms with Gasteiger partial charge in [0.05, 0.1) is 17.1 Å². The Bertz CT molecular complexity index is 783. The Morgan fingerprint density at radius 3 is 3.00 bits per heavy atom. The van der Waals surface area contributed by atoms with E-state index in [0.29, 0.717) is 23.3 Å². The van der Waals surface area contributed by atoms with Crippen molar-refractivity contribution < 1.29 is 4.79 Å². The lowest BCUT2D eigenvalue weighted by Gasteiger charge is -2.25. The maximum atomic E-state index is 12.6. The molecule has 6 heteroatoms. The van der Waals surface area contributed by atoms with E-state index in [0.717, 1.165) is 32.5 Å². The van der Waals surface area contributed by atoms with Crippen LogP contribution in [-0.2, 0) is 6.54 Å². The number of fused-ring (bicyclic) bond motifs is 1. The third-order valence-corrected chi connectivity index (χ3v) is 5.63. The van der Waals surface area contributed by atoms with Crippen LogP contribution in [0, 0.1) is 11.3 Å². The highest BCUT2D eigenvalue weighted by molar-refractivity contribution is 7.07. The minimum absolute atomic E-state index is 0.0667. The first kappa shape index (κ1) is 15.3. The highest BCUT2D eigenvalue weighted by Gasteiger charge is 2.44. The highest BCUT2D eigenvalue weighted by atomic mass is 32.1. The molecule has 0 N–H and O–H groups in total. The van der Waals surface area contributed by atoms with Crippen LogP contribution >= 0.6 is 11.3 Å². The Kier molecular flexibility index (Phi) is 4.05. The van der Waals surface area contributed by atoms with Crippen LogP contribution in [-0.4, -0.2) is 45.9 Å². The number of carbonyl (C=O) groups excluding carboxylic acids is 1. The number of rotatable bonds is 3. The number of amides is 1. The molecule has 5 nitrogen and oxygen atoms in total. The van der Waals surface area contributed by atoms with Gasteiger partial charge in [0.25, 0.3) is 5.91 Å². The van der Waals surface area contributed by atoms with Gasteiger partial charge in [-0.15, -0.1) is 11.3 Å². The number of likely N-dealkylation sites (tertiary alicyclic amines) is 2. The normalized spacial score (nSPS) is 23.2. The molecule has 0 bridgehead atoms. The zero-order chi connectivity index (χ0) is 16.5. The number of aromatic nitrogens is 1. The largest absolute Gasteiger partial charge is 0.333 e. The molecule has 0 saturated carbocycles. The van der Waals surface area contributed by atoms with Gasteiger partial charge in [-0.1, -0.05) is 12.1 Å². The molecular weight excluding hydrogens is 320 g/mol. The zero-order valence-electron chi connectivity index (χ0n) is 13.3. The lowest BCUT2D eigenvalue weighted by Crippen LogP contribution is -2.39. The van der Waals surface area contributed by atoms with E-state index in [4.69, 9.17) is 5.26 Å². The molecule has 2 fully saturated rings. The molecule has 24 heavy (non-hydrogen) atoms. The van der Waals surface area contributed by atoms with Gasteiger partial charge in [-0.25, -0.2) is 4.98 Å². The number of hydrogen-bond donors (Lipinski definition) is 0. The molecule has 122 valence electrons. The van der Waals surface area contributed by atoms with E-state index in [1.54, 1.807) is 5.51 Å². The number of thiazole rings is 1. The Morgan fingerprint density at radius 2 is 2.21 bits per heavy atom. The summed E-state index contributed by atoms with van der Waals surface area (Å²) < 4.78 is 0. The molecule has 2 saturated heterocycles. The van der Waals surface area contributed by atoms with Gasteiger partial charge in [-0.05, 0) is 30.5 Å². The lowest BCUT2D eigenvalue weighted by molar-refractivity contribution is 0.0727. The van der Waals surface area contributed by atoms with E-state index in [1.807, 2.05) is 28.5 Å². The average molecular weight is 338 g/mol. The van der Waals surface area contributed by atoms with Crippen molar-refractivity contribution >= 4 is 17.2 Å². The molecule has 1 amide bonds. The minimum Gasteiger partial charge on any atom is -0.333 e. The quantitative estimate of drug-likeness (QED) is 0.863. The van der Waals surface area contributed by atoms with Gasteiger partial charge in [0.1, 0.15) is 5.69 Å². The lowest BCUT2D eigenvalue weighted by atomic mass is 10.1. The van der Waals surface area contributed by atoms with Gasteiger partial charge in [-0.2, -0.15) is 5.26 Å². The molecule has 1 aromatic carbocycles. The molecule has 0 radical (unpaired) electrons. The monoisotopic (exact) mass is 338 g/mol. The van der Waals surface area contributed by atoms with Gasteiger partial charge in [0.15, 0.2) is 0 Å². The van der Waals surface area contributed by atoms with E-state index >= 15 is 0 Å². The van der Waals surface area contributed by atoms with Crippen LogP contribution in [0.4, 0.5) is 0 Å². The summed E-state index contributed by atoms with van der Waals surface area (Å²) in [6.07, 6.45) is 2.02. The molecule has 2 aromatic rings. The average Bonchev–Trinajstić information content (AvgIpc) is 3.33. The van der Waals surface area contributed by atoms with Gasteiger partial charge < -0.3 is 4.90 Å². The molecular formula is C18H18N4OS. The number of nitrogens with zero attached hydrogens (tertiary/aromatic N) is 4. The first-order valence-electron chi connectivity index (χ1n) is 8.18. The first-order chi connectivity index (χ1) is 11.8. The maximum Gasteiger partial charge on any atom is 0.273 e. The summed E-state index contributed by atoms with van der Waals surface area (Å²) in [5.74, 6) is 0.0667. The molecule has 0 spiro atoms. The molecule has 0 aliphatic carbocycles. The van der Waals surface area contributed by atoms with Crippen LogP contribution in [0.5, 0.6) is 0 Å². The number of carbonyl (C=O) groups is 1. The van der Waals surface area contributed by atoms with Crippen molar-refractivity contribution in [1.29, 1.82) is 5.26 Å².